The lowest BCUT2D eigenvalue weighted by Gasteiger charge is -2.06. The largest absolute Gasteiger partial charge is 0.403 e. The number of hydrogen-bond donors (Lipinski definition) is 4. The van der Waals surface area contributed by atoms with Gasteiger partial charge in [-0.3, -0.25) is 5.84 Å². The molecule has 1 unspecified atom stereocenters. The molecular weight excluding hydrogens is 106 g/mol. The van der Waals surface area contributed by atoms with Crippen LogP contribution < -0.4 is 17.0 Å². The molecule has 4 nitrogen and oxygen atoms in total. The lowest BCUT2D eigenvalue weighted by atomic mass is 10.3. The van der Waals surface area contributed by atoms with Crippen molar-refractivity contribution in [3.63, 3.8) is 0 Å². The predicted octanol–water partition coefficient (Wildman–Crippen LogP) is -1.37. The molecule has 0 rings (SSSR count). The lowest BCUT2D eigenvalue weighted by molar-refractivity contribution is 0.222. The zero-order valence-electron chi connectivity index (χ0n) is 4.76. The van der Waals surface area contributed by atoms with Gasteiger partial charge in [0, 0.05) is 6.20 Å². The molecule has 0 heterocycles. The standard InChI is InChI=1S/C4H11N3O/c1-3(8)4(2-5)7-6/h2-3,7-8H,5-6H2,1H3/b4-2-. The molecule has 6 N–H and O–H groups in total. The van der Waals surface area contributed by atoms with Crippen LogP contribution >= 0.6 is 0 Å². The van der Waals surface area contributed by atoms with Crippen molar-refractivity contribution in [2.45, 2.75) is 13.0 Å². The molecule has 4 heteroatoms. The summed E-state index contributed by atoms with van der Waals surface area (Å²) in [6, 6.07) is 0. The van der Waals surface area contributed by atoms with Crippen LogP contribution in [0.25, 0.3) is 0 Å². The molecule has 0 aromatic rings. The predicted molar refractivity (Wildman–Crippen MR) is 31.3 cm³/mol. The van der Waals surface area contributed by atoms with Crippen LogP contribution in [0.2, 0.25) is 0 Å². The first-order valence-corrected chi connectivity index (χ1v) is 2.28. The average Bonchev–Trinajstić information content (AvgIpc) is 1.69. The summed E-state index contributed by atoms with van der Waals surface area (Å²) in [6.45, 7) is 1.57. The Labute approximate surface area is 48.1 Å². The van der Waals surface area contributed by atoms with Gasteiger partial charge in [-0.2, -0.15) is 0 Å². The zero-order valence-corrected chi connectivity index (χ0v) is 4.76. The van der Waals surface area contributed by atoms with Crippen LogP contribution in [-0.4, -0.2) is 11.2 Å². The summed E-state index contributed by atoms with van der Waals surface area (Å²) in [4.78, 5) is 0. The number of rotatable bonds is 2. The van der Waals surface area contributed by atoms with E-state index in [0.29, 0.717) is 5.70 Å². The van der Waals surface area contributed by atoms with Gasteiger partial charge in [0.15, 0.2) is 0 Å². The summed E-state index contributed by atoms with van der Waals surface area (Å²) >= 11 is 0. The number of hydrogen-bond acceptors (Lipinski definition) is 4. The second kappa shape index (κ2) is 3.29. The van der Waals surface area contributed by atoms with Crippen LogP contribution in [0.4, 0.5) is 0 Å². The van der Waals surface area contributed by atoms with E-state index in [9.17, 15) is 0 Å². The minimum Gasteiger partial charge on any atom is -0.403 e. The maximum atomic E-state index is 8.72. The molecule has 0 aromatic carbocycles. The Balaban J connectivity index is 3.72. The van der Waals surface area contributed by atoms with Gasteiger partial charge < -0.3 is 16.3 Å². The van der Waals surface area contributed by atoms with Crippen LogP contribution in [-0.2, 0) is 0 Å². The van der Waals surface area contributed by atoms with Crippen molar-refractivity contribution in [1.82, 2.24) is 5.43 Å². The van der Waals surface area contributed by atoms with Crippen molar-refractivity contribution in [1.29, 1.82) is 0 Å². The molecular formula is C4H11N3O. The third-order valence-electron chi connectivity index (χ3n) is 0.796. The molecule has 0 bridgehead atoms. The third-order valence-corrected chi connectivity index (χ3v) is 0.796. The first-order chi connectivity index (χ1) is 3.72. The number of aliphatic hydroxyl groups is 1. The molecule has 0 radical (unpaired) electrons. The molecule has 0 saturated carbocycles. The van der Waals surface area contributed by atoms with Gasteiger partial charge in [-0.1, -0.05) is 0 Å². The van der Waals surface area contributed by atoms with E-state index in [1.165, 1.54) is 6.20 Å². The van der Waals surface area contributed by atoms with E-state index in [0.717, 1.165) is 0 Å². The van der Waals surface area contributed by atoms with Crippen molar-refractivity contribution < 1.29 is 5.11 Å². The van der Waals surface area contributed by atoms with Gasteiger partial charge in [-0.25, -0.2) is 0 Å². The second-order valence-electron chi connectivity index (χ2n) is 1.44. The van der Waals surface area contributed by atoms with Crippen molar-refractivity contribution in [2.24, 2.45) is 11.6 Å². The highest BCUT2D eigenvalue weighted by molar-refractivity contribution is 4.99. The minimum atomic E-state index is -0.620. The average molecular weight is 117 g/mol. The highest BCUT2D eigenvalue weighted by Crippen LogP contribution is 1.90. The van der Waals surface area contributed by atoms with Gasteiger partial charge in [-0.05, 0) is 6.92 Å². The number of nitrogens with two attached hydrogens (primary N) is 2. The van der Waals surface area contributed by atoms with E-state index in [1.54, 1.807) is 6.92 Å². The van der Waals surface area contributed by atoms with E-state index in [1.807, 2.05) is 0 Å². The molecule has 0 aliphatic carbocycles. The quantitative estimate of drug-likeness (QED) is 0.265. The fourth-order valence-corrected chi connectivity index (χ4v) is 0.308. The normalized spacial score (nSPS) is 15.6. The highest BCUT2D eigenvalue weighted by Gasteiger charge is 1.98. The summed E-state index contributed by atoms with van der Waals surface area (Å²) in [5.41, 5.74) is 7.68. The fourth-order valence-electron chi connectivity index (χ4n) is 0.308. The Hall–Kier alpha value is -0.740. The minimum absolute atomic E-state index is 0.421. The topological polar surface area (TPSA) is 84.3 Å². The monoisotopic (exact) mass is 117 g/mol. The van der Waals surface area contributed by atoms with Gasteiger partial charge in [0.05, 0.1) is 11.8 Å². The number of aliphatic hydroxyl groups excluding tert-OH is 1. The fraction of sp³-hybridized carbons (Fsp3) is 0.500. The van der Waals surface area contributed by atoms with Gasteiger partial charge in [0.25, 0.3) is 0 Å². The van der Waals surface area contributed by atoms with E-state index < -0.39 is 6.10 Å². The zero-order chi connectivity index (χ0) is 6.57. The summed E-state index contributed by atoms with van der Waals surface area (Å²) in [5.74, 6) is 4.93. The lowest BCUT2D eigenvalue weighted by Crippen LogP contribution is -2.28. The van der Waals surface area contributed by atoms with Crippen LogP contribution in [0, 0.1) is 0 Å². The molecule has 8 heavy (non-hydrogen) atoms. The van der Waals surface area contributed by atoms with Crippen LogP contribution in [0.1, 0.15) is 6.92 Å². The molecule has 0 aromatic heterocycles. The van der Waals surface area contributed by atoms with E-state index in [-0.39, 0.29) is 0 Å². The third kappa shape index (κ3) is 1.81. The summed E-state index contributed by atoms with van der Waals surface area (Å²) in [6.07, 6.45) is 0.606. The number of nitrogens with one attached hydrogen (secondary N) is 1. The molecule has 0 fully saturated rings. The van der Waals surface area contributed by atoms with Crippen molar-refractivity contribution in [2.75, 3.05) is 0 Å². The summed E-state index contributed by atoms with van der Waals surface area (Å²) in [7, 11) is 0. The van der Waals surface area contributed by atoms with Crippen molar-refractivity contribution in [3.8, 4) is 0 Å². The maximum Gasteiger partial charge on any atom is 0.0934 e. The van der Waals surface area contributed by atoms with E-state index in [2.05, 4.69) is 5.43 Å². The number of hydrazine groups is 1. The molecule has 1 atom stereocenters. The van der Waals surface area contributed by atoms with E-state index >= 15 is 0 Å². The molecule has 0 aliphatic heterocycles. The van der Waals surface area contributed by atoms with Gasteiger partial charge in [0.1, 0.15) is 0 Å². The molecule has 0 amide bonds. The summed E-state index contributed by atoms with van der Waals surface area (Å²) in [5, 5.41) is 8.72. The van der Waals surface area contributed by atoms with Crippen LogP contribution in [0.5, 0.6) is 0 Å². The summed E-state index contributed by atoms with van der Waals surface area (Å²) < 4.78 is 0. The van der Waals surface area contributed by atoms with Crippen LogP contribution in [0.15, 0.2) is 11.9 Å². The van der Waals surface area contributed by atoms with Gasteiger partial charge in [-0.15, -0.1) is 0 Å². The molecule has 48 valence electrons. The van der Waals surface area contributed by atoms with Gasteiger partial charge in [0.2, 0.25) is 0 Å². The molecule has 0 aliphatic rings. The highest BCUT2D eigenvalue weighted by atomic mass is 16.3. The van der Waals surface area contributed by atoms with Crippen molar-refractivity contribution >= 4 is 0 Å². The first kappa shape index (κ1) is 7.26. The Morgan fingerprint density at radius 1 is 1.88 bits per heavy atom. The Bertz CT molecular complexity index is 89.3. The molecule has 0 spiro atoms. The molecule has 0 saturated heterocycles. The van der Waals surface area contributed by atoms with Crippen molar-refractivity contribution in [3.05, 3.63) is 11.9 Å². The van der Waals surface area contributed by atoms with E-state index in [4.69, 9.17) is 16.7 Å². The smallest absolute Gasteiger partial charge is 0.0934 e. The Kier molecular flexibility index (Phi) is 2.98. The SMILES string of the molecule is CC(O)/C(=C/N)NN. The first-order valence-electron chi connectivity index (χ1n) is 2.28. The van der Waals surface area contributed by atoms with Crippen LogP contribution in [0.3, 0.4) is 0 Å². The second-order valence-corrected chi connectivity index (χ2v) is 1.44. The Morgan fingerprint density at radius 2 is 2.38 bits per heavy atom. The Morgan fingerprint density at radius 3 is 2.38 bits per heavy atom. The maximum absolute atomic E-state index is 8.72. The van der Waals surface area contributed by atoms with Gasteiger partial charge >= 0.3 is 0 Å².